The molecule has 0 spiro atoms. The minimum absolute atomic E-state index is 0.179. The lowest BCUT2D eigenvalue weighted by Gasteiger charge is -2.37. The van der Waals surface area contributed by atoms with E-state index in [1.165, 1.54) is 0 Å². The van der Waals surface area contributed by atoms with Crippen LogP contribution in [0.15, 0.2) is 0 Å². The van der Waals surface area contributed by atoms with Crippen LogP contribution >= 0.6 is 0 Å². The van der Waals surface area contributed by atoms with Crippen LogP contribution in [0.1, 0.15) is 38.5 Å². The standard InChI is InChI=1S/C13H20F3NO/c14-13(15,16)11-3-7-17(8-4-11)9-12(10-18)5-1-2-6-12/h10-11H,1-9H2. The van der Waals surface area contributed by atoms with E-state index in [0.29, 0.717) is 19.6 Å². The normalized spacial score (nSPS) is 26.4. The SMILES string of the molecule is O=CC1(CN2CCC(C(F)(F)F)CC2)CCCC1. The maximum absolute atomic E-state index is 12.5. The highest BCUT2D eigenvalue weighted by molar-refractivity contribution is 5.60. The molecular formula is C13H20F3NO. The molecule has 0 aromatic rings. The van der Waals surface area contributed by atoms with Gasteiger partial charge in [0.2, 0.25) is 0 Å². The Kier molecular flexibility index (Phi) is 3.99. The summed E-state index contributed by atoms with van der Waals surface area (Å²) >= 11 is 0. The molecule has 0 unspecified atom stereocenters. The number of rotatable bonds is 3. The van der Waals surface area contributed by atoms with Crippen molar-refractivity contribution < 1.29 is 18.0 Å². The van der Waals surface area contributed by atoms with Crippen molar-refractivity contribution in [1.29, 1.82) is 0 Å². The molecule has 1 aliphatic heterocycles. The van der Waals surface area contributed by atoms with Gasteiger partial charge in [-0.3, -0.25) is 0 Å². The second-order valence-electron chi connectivity index (χ2n) is 5.78. The summed E-state index contributed by atoms with van der Waals surface area (Å²) in [6.07, 6.45) is 1.27. The van der Waals surface area contributed by atoms with Crippen LogP contribution in [-0.2, 0) is 4.79 Å². The average Bonchev–Trinajstić information content (AvgIpc) is 2.78. The molecule has 18 heavy (non-hydrogen) atoms. The zero-order valence-corrected chi connectivity index (χ0v) is 10.5. The third-order valence-corrected chi connectivity index (χ3v) is 4.44. The Labute approximate surface area is 106 Å². The topological polar surface area (TPSA) is 20.3 Å². The lowest BCUT2D eigenvalue weighted by molar-refractivity contribution is -0.185. The molecule has 1 heterocycles. The van der Waals surface area contributed by atoms with Crippen molar-refractivity contribution in [3.05, 3.63) is 0 Å². The smallest absolute Gasteiger partial charge is 0.303 e. The van der Waals surface area contributed by atoms with Gasteiger partial charge in [0.25, 0.3) is 0 Å². The molecule has 5 heteroatoms. The second kappa shape index (κ2) is 5.19. The summed E-state index contributed by atoms with van der Waals surface area (Å²) in [5, 5.41) is 0. The average molecular weight is 263 g/mol. The molecule has 0 amide bonds. The van der Waals surface area contributed by atoms with Crippen LogP contribution in [0.4, 0.5) is 13.2 Å². The van der Waals surface area contributed by atoms with Crippen LogP contribution in [0.5, 0.6) is 0 Å². The molecule has 1 saturated heterocycles. The largest absolute Gasteiger partial charge is 0.391 e. The van der Waals surface area contributed by atoms with Gasteiger partial charge in [-0.1, -0.05) is 12.8 Å². The molecule has 0 atom stereocenters. The zero-order chi connectivity index (χ0) is 13.2. The van der Waals surface area contributed by atoms with Gasteiger partial charge >= 0.3 is 6.18 Å². The Balaban J connectivity index is 1.85. The summed E-state index contributed by atoms with van der Waals surface area (Å²) < 4.78 is 37.6. The van der Waals surface area contributed by atoms with Crippen molar-refractivity contribution >= 4 is 6.29 Å². The number of likely N-dealkylation sites (tertiary alicyclic amines) is 1. The highest BCUT2D eigenvalue weighted by Gasteiger charge is 2.42. The summed E-state index contributed by atoms with van der Waals surface area (Å²) in [4.78, 5) is 13.3. The number of alkyl halides is 3. The van der Waals surface area contributed by atoms with Crippen molar-refractivity contribution in [3.63, 3.8) is 0 Å². The molecule has 1 aliphatic carbocycles. The molecule has 0 N–H and O–H groups in total. The molecule has 2 fully saturated rings. The van der Waals surface area contributed by atoms with E-state index in [1.807, 2.05) is 4.90 Å². The van der Waals surface area contributed by atoms with Crippen molar-refractivity contribution in [2.24, 2.45) is 11.3 Å². The van der Waals surface area contributed by atoms with Gasteiger partial charge in [-0.25, -0.2) is 0 Å². The van der Waals surface area contributed by atoms with E-state index < -0.39 is 12.1 Å². The molecule has 2 nitrogen and oxygen atoms in total. The number of hydrogen-bond acceptors (Lipinski definition) is 2. The Morgan fingerprint density at radius 1 is 1.17 bits per heavy atom. The number of piperidine rings is 1. The van der Waals surface area contributed by atoms with Gasteiger partial charge in [0.05, 0.1) is 5.92 Å². The van der Waals surface area contributed by atoms with E-state index in [9.17, 15) is 18.0 Å². The Bertz CT molecular complexity index is 289. The van der Waals surface area contributed by atoms with Gasteiger partial charge < -0.3 is 9.69 Å². The summed E-state index contributed by atoms with van der Waals surface area (Å²) in [6.45, 7) is 1.60. The van der Waals surface area contributed by atoms with Crippen molar-refractivity contribution in [1.82, 2.24) is 4.90 Å². The van der Waals surface area contributed by atoms with Crippen LogP contribution in [0, 0.1) is 11.3 Å². The van der Waals surface area contributed by atoms with Crippen LogP contribution < -0.4 is 0 Å². The third-order valence-electron chi connectivity index (χ3n) is 4.44. The summed E-state index contributed by atoms with van der Waals surface area (Å²) in [5.41, 5.74) is -0.273. The first kappa shape index (κ1) is 13.8. The van der Waals surface area contributed by atoms with Crippen LogP contribution in [0.3, 0.4) is 0 Å². The lowest BCUT2D eigenvalue weighted by Crippen LogP contribution is -2.44. The Hall–Kier alpha value is -0.580. The van der Waals surface area contributed by atoms with Crippen molar-refractivity contribution in [2.45, 2.75) is 44.7 Å². The summed E-state index contributed by atoms with van der Waals surface area (Å²) in [5.74, 6) is -1.15. The van der Waals surface area contributed by atoms with E-state index >= 15 is 0 Å². The molecule has 0 bridgehead atoms. The van der Waals surface area contributed by atoms with Crippen LogP contribution in [0.25, 0.3) is 0 Å². The van der Waals surface area contributed by atoms with Gasteiger partial charge in [0.1, 0.15) is 6.29 Å². The summed E-state index contributed by atoms with van der Waals surface area (Å²) in [7, 11) is 0. The molecule has 1 saturated carbocycles. The number of carbonyl (C=O) groups is 1. The fourth-order valence-corrected chi connectivity index (χ4v) is 3.26. The van der Waals surface area contributed by atoms with Crippen molar-refractivity contribution in [2.75, 3.05) is 19.6 Å². The predicted molar refractivity (Wildman–Crippen MR) is 62.2 cm³/mol. The maximum Gasteiger partial charge on any atom is 0.391 e. The molecule has 104 valence electrons. The number of halogens is 3. The van der Waals surface area contributed by atoms with Gasteiger partial charge in [-0.2, -0.15) is 13.2 Å². The van der Waals surface area contributed by atoms with E-state index in [0.717, 1.165) is 32.0 Å². The maximum atomic E-state index is 12.5. The number of aldehydes is 1. The minimum Gasteiger partial charge on any atom is -0.303 e. The molecule has 0 radical (unpaired) electrons. The van der Waals surface area contributed by atoms with Crippen molar-refractivity contribution in [3.8, 4) is 0 Å². The van der Waals surface area contributed by atoms with E-state index in [1.54, 1.807) is 0 Å². The molecular weight excluding hydrogens is 243 g/mol. The van der Waals surface area contributed by atoms with Gasteiger partial charge in [0, 0.05) is 12.0 Å². The van der Waals surface area contributed by atoms with Gasteiger partial charge in [-0.15, -0.1) is 0 Å². The monoisotopic (exact) mass is 263 g/mol. The predicted octanol–water partition coefficient (Wildman–Crippen LogP) is 3.02. The first-order valence-electron chi connectivity index (χ1n) is 6.71. The lowest BCUT2D eigenvalue weighted by atomic mass is 9.86. The molecule has 0 aromatic carbocycles. The first-order chi connectivity index (χ1) is 8.45. The minimum atomic E-state index is -4.05. The molecule has 2 aliphatic rings. The molecule has 2 rings (SSSR count). The number of nitrogens with zero attached hydrogens (tertiary/aromatic N) is 1. The quantitative estimate of drug-likeness (QED) is 0.729. The van der Waals surface area contributed by atoms with Crippen LogP contribution in [0.2, 0.25) is 0 Å². The summed E-state index contributed by atoms with van der Waals surface area (Å²) in [6, 6.07) is 0. The number of hydrogen-bond donors (Lipinski definition) is 0. The van der Waals surface area contributed by atoms with E-state index in [-0.39, 0.29) is 18.3 Å². The van der Waals surface area contributed by atoms with E-state index in [4.69, 9.17) is 0 Å². The highest BCUT2D eigenvalue weighted by atomic mass is 19.4. The van der Waals surface area contributed by atoms with Crippen LogP contribution in [-0.4, -0.2) is 37.0 Å². The fraction of sp³-hybridized carbons (Fsp3) is 0.923. The van der Waals surface area contributed by atoms with Gasteiger partial charge in [-0.05, 0) is 38.8 Å². The number of carbonyl (C=O) groups excluding carboxylic acids is 1. The molecule has 0 aromatic heterocycles. The Morgan fingerprint density at radius 2 is 1.72 bits per heavy atom. The Morgan fingerprint density at radius 3 is 2.17 bits per heavy atom. The van der Waals surface area contributed by atoms with E-state index in [2.05, 4.69) is 0 Å². The third kappa shape index (κ3) is 3.05. The fourth-order valence-electron chi connectivity index (χ4n) is 3.26. The second-order valence-corrected chi connectivity index (χ2v) is 5.78. The zero-order valence-electron chi connectivity index (χ0n) is 10.5. The highest BCUT2D eigenvalue weighted by Crippen LogP contribution is 2.39. The first-order valence-corrected chi connectivity index (χ1v) is 6.71. The van der Waals surface area contributed by atoms with Gasteiger partial charge in [0.15, 0.2) is 0 Å².